The summed E-state index contributed by atoms with van der Waals surface area (Å²) in [6.07, 6.45) is 25.0. The highest BCUT2D eigenvalue weighted by atomic mass is 16.6. The second-order valence-electron chi connectivity index (χ2n) is 16.2. The summed E-state index contributed by atoms with van der Waals surface area (Å²) in [4.78, 5) is 39.5. The average molecular weight is 709 g/mol. The zero-order valence-corrected chi connectivity index (χ0v) is 32.2. The number of unbranched alkanes of at least 4 members (excludes halogenated alkanes) is 8. The van der Waals surface area contributed by atoms with Gasteiger partial charge in [0.2, 0.25) is 0 Å². The van der Waals surface area contributed by atoms with Crippen LogP contribution in [0.5, 0.6) is 0 Å². The van der Waals surface area contributed by atoms with Crippen LogP contribution >= 0.6 is 0 Å². The van der Waals surface area contributed by atoms with Crippen LogP contribution < -0.4 is 0 Å². The zero-order chi connectivity index (χ0) is 37.6. The maximum Gasteiger partial charge on any atom is 0.334 e. The third-order valence-corrected chi connectivity index (χ3v) is 12.6. The van der Waals surface area contributed by atoms with Crippen molar-refractivity contribution in [1.29, 1.82) is 0 Å². The first-order valence-corrected chi connectivity index (χ1v) is 19.5. The van der Waals surface area contributed by atoms with Gasteiger partial charge in [0, 0.05) is 47.5 Å². The Balaban J connectivity index is 1.36. The van der Waals surface area contributed by atoms with Crippen LogP contribution in [-0.2, 0) is 23.9 Å². The lowest BCUT2D eigenvalue weighted by Crippen LogP contribution is -2.65. The van der Waals surface area contributed by atoms with Crippen molar-refractivity contribution in [3.05, 3.63) is 59.3 Å². The van der Waals surface area contributed by atoms with Crippen LogP contribution in [-0.4, -0.2) is 62.6 Å². The summed E-state index contributed by atoms with van der Waals surface area (Å²) in [7, 11) is 0. The van der Waals surface area contributed by atoms with Gasteiger partial charge in [0.15, 0.2) is 5.78 Å². The molecule has 8 nitrogen and oxygen atoms in total. The van der Waals surface area contributed by atoms with Gasteiger partial charge in [0.25, 0.3) is 0 Å². The molecule has 3 N–H and O–H groups in total. The van der Waals surface area contributed by atoms with Crippen molar-refractivity contribution in [2.75, 3.05) is 6.61 Å². The number of rotatable bonds is 18. The molecule has 0 radical (unpaired) electrons. The van der Waals surface area contributed by atoms with E-state index in [0.29, 0.717) is 16.7 Å². The van der Waals surface area contributed by atoms with Gasteiger partial charge in [-0.2, -0.15) is 0 Å². The highest BCUT2D eigenvalue weighted by molar-refractivity contribution is 6.04. The summed E-state index contributed by atoms with van der Waals surface area (Å²) in [6, 6.07) is 0. The van der Waals surface area contributed by atoms with Gasteiger partial charge in [-0.15, -0.1) is 0 Å². The molecule has 4 rings (SSSR count). The van der Waals surface area contributed by atoms with Crippen molar-refractivity contribution in [3.63, 3.8) is 0 Å². The summed E-state index contributed by atoms with van der Waals surface area (Å²) in [6.45, 7) is 12.6. The van der Waals surface area contributed by atoms with Crippen LogP contribution in [0.3, 0.4) is 0 Å². The maximum atomic E-state index is 13.5. The van der Waals surface area contributed by atoms with E-state index in [1.807, 2.05) is 19.9 Å². The molecular weight excluding hydrogens is 644 g/mol. The monoisotopic (exact) mass is 708 g/mol. The van der Waals surface area contributed by atoms with Gasteiger partial charge >= 0.3 is 11.9 Å². The molecule has 8 heteroatoms. The number of hydrogen-bond acceptors (Lipinski definition) is 8. The first kappa shape index (κ1) is 41.0. The number of ketones is 1. The van der Waals surface area contributed by atoms with E-state index in [-0.39, 0.29) is 25.4 Å². The van der Waals surface area contributed by atoms with Crippen LogP contribution in [0.15, 0.2) is 59.3 Å². The molecule has 3 unspecified atom stereocenters. The summed E-state index contributed by atoms with van der Waals surface area (Å²) >= 11 is 0. The molecule has 4 aliphatic rings. The number of aliphatic hydroxyl groups is 3. The van der Waals surface area contributed by atoms with Crippen molar-refractivity contribution in [2.24, 2.45) is 29.1 Å². The number of esters is 2. The van der Waals surface area contributed by atoms with Crippen molar-refractivity contribution < 1.29 is 39.2 Å². The number of fused-ring (bicyclic) bond motifs is 5. The van der Waals surface area contributed by atoms with Crippen molar-refractivity contribution in [3.8, 4) is 0 Å². The topological polar surface area (TPSA) is 130 Å². The molecule has 2 saturated carbocycles. The molecule has 0 aromatic carbocycles. The Morgan fingerprint density at radius 1 is 0.961 bits per heavy atom. The molecule has 0 aromatic rings. The fourth-order valence-electron chi connectivity index (χ4n) is 9.34. The normalized spacial score (nSPS) is 34.0. The smallest absolute Gasteiger partial charge is 0.334 e. The van der Waals surface area contributed by atoms with E-state index in [4.69, 9.17) is 9.47 Å². The number of Topliss-reactive ketones (excluding diaryl/α,β-unsaturated/α-hetero) is 1. The number of ether oxygens (including phenoxy) is 2. The van der Waals surface area contributed by atoms with E-state index in [2.05, 4.69) is 31.2 Å². The van der Waals surface area contributed by atoms with Crippen LogP contribution in [0.2, 0.25) is 0 Å². The number of aliphatic hydroxyl groups excluding tert-OH is 1. The first-order valence-electron chi connectivity index (χ1n) is 19.5. The molecule has 0 saturated heterocycles. The second-order valence-corrected chi connectivity index (χ2v) is 16.2. The fraction of sp³-hybridized carbons (Fsp3) is 0.698. The predicted octanol–water partition coefficient (Wildman–Crippen LogP) is 7.81. The van der Waals surface area contributed by atoms with Gasteiger partial charge in [-0.05, 0) is 70.4 Å². The Kier molecular flexibility index (Phi) is 13.6. The number of hydrogen-bond donors (Lipinski definition) is 3. The molecular formula is C43H64O8. The molecule has 0 bridgehead atoms. The molecule has 0 aliphatic heterocycles. The van der Waals surface area contributed by atoms with Crippen molar-refractivity contribution in [2.45, 2.75) is 155 Å². The summed E-state index contributed by atoms with van der Waals surface area (Å²) in [5.74, 6) is -4.45. The molecule has 0 spiro atoms. The zero-order valence-electron chi connectivity index (χ0n) is 32.2. The molecule has 0 aromatic heterocycles. The Morgan fingerprint density at radius 2 is 1.59 bits per heavy atom. The van der Waals surface area contributed by atoms with Gasteiger partial charge < -0.3 is 24.8 Å². The number of carbonyl (C=O) groups excluding carboxylic acids is 3. The minimum atomic E-state index is -1.96. The minimum absolute atomic E-state index is 0.111. The van der Waals surface area contributed by atoms with Crippen LogP contribution in [0.1, 0.15) is 132 Å². The van der Waals surface area contributed by atoms with Crippen LogP contribution in [0, 0.1) is 29.1 Å². The Morgan fingerprint density at radius 3 is 2.24 bits per heavy atom. The highest BCUT2D eigenvalue weighted by Gasteiger charge is 2.86. The van der Waals surface area contributed by atoms with Gasteiger partial charge in [0.1, 0.15) is 17.8 Å². The molecule has 2 fully saturated rings. The van der Waals surface area contributed by atoms with Gasteiger partial charge in [-0.25, -0.2) is 4.79 Å². The standard InChI is InChI=1S/C43H64O8/c1-8-10-11-12-13-14-15-16-17-18-19-20-21-22-23-24-35(44)50-28-32-26-33-36-40(6,7)43(36,51-39(47)29(3)9-2)38(46)31(5)42(33,49)34-25-30(4)37(45)41(34,48)27-32/h9,13-14,16-17,25-26,31,33-34,36,38,46,48-49H,8,10-12,15,18-24,27-28H2,1-7H3/b14-13-,17-16-,29-9+/t31-,33?,34?,36?,38-,41-,42-,43-/m1/s1. The van der Waals surface area contributed by atoms with Gasteiger partial charge in [0.05, 0.1) is 11.7 Å². The fourth-order valence-corrected chi connectivity index (χ4v) is 9.34. The molecule has 4 aliphatic carbocycles. The number of allylic oxidation sites excluding steroid dienone is 5. The second kappa shape index (κ2) is 16.9. The number of carbonyl (C=O) groups is 3. The minimum Gasteiger partial charge on any atom is -0.461 e. The lowest BCUT2D eigenvalue weighted by atomic mass is 9.59. The van der Waals surface area contributed by atoms with E-state index in [1.54, 1.807) is 39.8 Å². The van der Waals surface area contributed by atoms with Gasteiger partial charge in [-0.3, -0.25) is 9.59 Å². The Hall–Kier alpha value is -2.81. The average Bonchev–Trinajstić information content (AvgIpc) is 3.53. The van der Waals surface area contributed by atoms with E-state index in [1.165, 1.54) is 25.7 Å². The summed E-state index contributed by atoms with van der Waals surface area (Å²) in [5.41, 5.74) is -4.43. The quantitative estimate of drug-likeness (QED) is 0.0569. The van der Waals surface area contributed by atoms with E-state index in [9.17, 15) is 29.7 Å². The van der Waals surface area contributed by atoms with Crippen LogP contribution in [0.25, 0.3) is 0 Å². The lowest BCUT2D eigenvalue weighted by molar-refractivity contribution is -0.218. The van der Waals surface area contributed by atoms with E-state index in [0.717, 1.165) is 44.9 Å². The highest BCUT2D eigenvalue weighted by Crippen LogP contribution is 2.76. The molecule has 0 heterocycles. The summed E-state index contributed by atoms with van der Waals surface area (Å²) in [5, 5.41) is 36.6. The largest absolute Gasteiger partial charge is 0.461 e. The Labute approximate surface area is 306 Å². The molecule has 51 heavy (non-hydrogen) atoms. The first-order chi connectivity index (χ1) is 24.1. The predicted molar refractivity (Wildman–Crippen MR) is 199 cm³/mol. The molecule has 8 atom stereocenters. The third kappa shape index (κ3) is 7.94. The third-order valence-electron chi connectivity index (χ3n) is 12.6. The van der Waals surface area contributed by atoms with E-state index < -0.39 is 63.7 Å². The van der Waals surface area contributed by atoms with Crippen LogP contribution in [0.4, 0.5) is 0 Å². The Bertz CT molecular complexity index is 1430. The van der Waals surface area contributed by atoms with Crippen molar-refractivity contribution >= 4 is 17.7 Å². The SMILES string of the molecule is C/C=C(\C)C(=O)O[C@]12C(C3C=C(COC(=O)CCCCCCC/C=C\C/C=C\CCCCC)C[C@]4(O)C(=O)C(C)=CC4[C@@]3(O)[C@H](C)[C@H]1O)C2(C)C. The molecule has 284 valence electrons. The maximum absolute atomic E-state index is 13.5. The van der Waals surface area contributed by atoms with E-state index >= 15 is 0 Å². The van der Waals surface area contributed by atoms with Gasteiger partial charge in [-0.1, -0.05) is 102 Å². The molecule has 0 amide bonds. The summed E-state index contributed by atoms with van der Waals surface area (Å²) < 4.78 is 11.9. The van der Waals surface area contributed by atoms with Crippen molar-refractivity contribution in [1.82, 2.24) is 0 Å². The lowest BCUT2D eigenvalue weighted by Gasteiger charge is -2.52.